The first kappa shape index (κ1) is 9.00. The van der Waals surface area contributed by atoms with Crippen LogP contribution in [0.15, 0.2) is 18.2 Å². The van der Waals surface area contributed by atoms with Gasteiger partial charge in [-0.1, -0.05) is 0 Å². The molecular formula is C9H12FNO. The number of aryl methyl sites for hydroxylation is 1. The van der Waals surface area contributed by atoms with Crippen molar-refractivity contribution in [1.82, 2.24) is 0 Å². The van der Waals surface area contributed by atoms with E-state index in [0.29, 0.717) is 18.5 Å². The van der Waals surface area contributed by atoms with Gasteiger partial charge in [-0.05, 0) is 43.1 Å². The Hall–Kier alpha value is -1.09. The Labute approximate surface area is 70.8 Å². The zero-order valence-electron chi connectivity index (χ0n) is 6.76. The molecule has 1 aromatic carbocycles. The molecule has 0 bridgehead atoms. The van der Waals surface area contributed by atoms with Crippen LogP contribution in [0.25, 0.3) is 0 Å². The van der Waals surface area contributed by atoms with Gasteiger partial charge in [0.25, 0.3) is 0 Å². The zero-order chi connectivity index (χ0) is 8.97. The minimum atomic E-state index is -0.320. The van der Waals surface area contributed by atoms with Crippen molar-refractivity contribution in [1.29, 1.82) is 0 Å². The third-order valence-corrected chi connectivity index (χ3v) is 1.69. The standard InChI is InChI=1S/C9H12FNO/c10-8-3-4-9(12)7(6-8)2-1-5-11/h3-4,6,12H,1-2,5,11H2. The number of phenolic OH excluding ortho intramolecular Hbond substituents is 1. The monoisotopic (exact) mass is 169 g/mol. The van der Waals surface area contributed by atoms with Crippen molar-refractivity contribution in [3.8, 4) is 5.75 Å². The molecule has 1 aromatic rings. The molecule has 0 spiro atoms. The van der Waals surface area contributed by atoms with Gasteiger partial charge < -0.3 is 10.8 Å². The highest BCUT2D eigenvalue weighted by molar-refractivity contribution is 5.32. The number of nitrogens with two attached hydrogens (primary N) is 1. The van der Waals surface area contributed by atoms with E-state index in [1.807, 2.05) is 0 Å². The Bertz CT molecular complexity index is 263. The SMILES string of the molecule is NCCCc1cc(F)ccc1O. The van der Waals surface area contributed by atoms with Crippen LogP contribution in [0.2, 0.25) is 0 Å². The smallest absolute Gasteiger partial charge is 0.123 e. The maximum Gasteiger partial charge on any atom is 0.123 e. The number of hydrogen-bond acceptors (Lipinski definition) is 2. The van der Waals surface area contributed by atoms with E-state index in [2.05, 4.69) is 0 Å². The van der Waals surface area contributed by atoms with E-state index in [0.717, 1.165) is 6.42 Å². The Kier molecular flexibility index (Phi) is 3.05. The lowest BCUT2D eigenvalue weighted by Crippen LogP contribution is -2.00. The van der Waals surface area contributed by atoms with Crippen molar-refractivity contribution in [2.45, 2.75) is 12.8 Å². The molecule has 0 saturated carbocycles. The van der Waals surface area contributed by atoms with Gasteiger partial charge in [-0.15, -0.1) is 0 Å². The van der Waals surface area contributed by atoms with Crippen LogP contribution in [0, 0.1) is 5.82 Å². The Morgan fingerprint density at radius 2 is 2.17 bits per heavy atom. The molecule has 12 heavy (non-hydrogen) atoms. The average Bonchev–Trinajstić information content (AvgIpc) is 2.07. The predicted molar refractivity (Wildman–Crippen MR) is 45.4 cm³/mol. The lowest BCUT2D eigenvalue weighted by Gasteiger charge is -2.02. The predicted octanol–water partition coefficient (Wildman–Crippen LogP) is 1.42. The average molecular weight is 169 g/mol. The maximum atomic E-state index is 12.6. The highest BCUT2D eigenvalue weighted by Crippen LogP contribution is 2.18. The topological polar surface area (TPSA) is 46.2 Å². The molecule has 0 atom stereocenters. The quantitative estimate of drug-likeness (QED) is 0.718. The molecule has 66 valence electrons. The van der Waals surface area contributed by atoms with Crippen molar-refractivity contribution < 1.29 is 9.50 Å². The second kappa shape index (κ2) is 4.07. The molecule has 0 heterocycles. The molecule has 0 aliphatic carbocycles. The van der Waals surface area contributed by atoms with Crippen molar-refractivity contribution >= 4 is 0 Å². The summed E-state index contributed by atoms with van der Waals surface area (Å²) in [6.45, 7) is 0.552. The zero-order valence-corrected chi connectivity index (χ0v) is 6.76. The summed E-state index contributed by atoms with van der Waals surface area (Å²) in [7, 11) is 0. The lowest BCUT2D eigenvalue weighted by molar-refractivity contribution is 0.464. The van der Waals surface area contributed by atoms with Crippen LogP contribution in [-0.2, 0) is 6.42 Å². The van der Waals surface area contributed by atoms with Gasteiger partial charge in [-0.3, -0.25) is 0 Å². The number of benzene rings is 1. The van der Waals surface area contributed by atoms with Crippen LogP contribution in [0.5, 0.6) is 5.75 Å². The fourth-order valence-electron chi connectivity index (χ4n) is 1.05. The molecule has 2 nitrogen and oxygen atoms in total. The van der Waals surface area contributed by atoms with E-state index in [1.165, 1.54) is 18.2 Å². The van der Waals surface area contributed by atoms with Crippen LogP contribution in [0.3, 0.4) is 0 Å². The van der Waals surface area contributed by atoms with Gasteiger partial charge in [0, 0.05) is 0 Å². The normalized spacial score (nSPS) is 10.2. The van der Waals surface area contributed by atoms with E-state index >= 15 is 0 Å². The van der Waals surface area contributed by atoms with Crippen LogP contribution in [0.4, 0.5) is 4.39 Å². The maximum absolute atomic E-state index is 12.6. The minimum absolute atomic E-state index is 0.143. The van der Waals surface area contributed by atoms with E-state index in [9.17, 15) is 9.50 Å². The summed E-state index contributed by atoms with van der Waals surface area (Å²) in [6.07, 6.45) is 1.39. The lowest BCUT2D eigenvalue weighted by atomic mass is 10.1. The van der Waals surface area contributed by atoms with Crippen molar-refractivity contribution in [3.05, 3.63) is 29.6 Å². The summed E-state index contributed by atoms with van der Waals surface area (Å²) in [5, 5.41) is 9.25. The van der Waals surface area contributed by atoms with Gasteiger partial charge in [-0.25, -0.2) is 4.39 Å². The first-order valence-corrected chi connectivity index (χ1v) is 3.91. The number of halogens is 1. The highest BCUT2D eigenvalue weighted by Gasteiger charge is 2.01. The fraction of sp³-hybridized carbons (Fsp3) is 0.333. The molecule has 3 N–H and O–H groups in total. The van der Waals surface area contributed by atoms with Crippen LogP contribution >= 0.6 is 0 Å². The second-order valence-electron chi connectivity index (χ2n) is 2.67. The third-order valence-electron chi connectivity index (χ3n) is 1.69. The van der Waals surface area contributed by atoms with Gasteiger partial charge in [0.05, 0.1) is 0 Å². The summed E-state index contributed by atoms with van der Waals surface area (Å²) in [5.41, 5.74) is 5.91. The third kappa shape index (κ3) is 2.20. The molecule has 0 aliphatic rings. The van der Waals surface area contributed by atoms with Gasteiger partial charge in [0.15, 0.2) is 0 Å². The fourth-order valence-corrected chi connectivity index (χ4v) is 1.05. The molecule has 0 amide bonds. The van der Waals surface area contributed by atoms with Crippen LogP contribution in [-0.4, -0.2) is 11.7 Å². The van der Waals surface area contributed by atoms with Gasteiger partial charge in [0.1, 0.15) is 11.6 Å². The number of rotatable bonds is 3. The first-order chi connectivity index (χ1) is 5.74. The van der Waals surface area contributed by atoms with Crippen molar-refractivity contribution in [2.24, 2.45) is 5.73 Å². The van der Waals surface area contributed by atoms with E-state index in [4.69, 9.17) is 5.73 Å². The Morgan fingerprint density at radius 1 is 1.42 bits per heavy atom. The van der Waals surface area contributed by atoms with Gasteiger partial charge >= 0.3 is 0 Å². The summed E-state index contributed by atoms with van der Waals surface area (Å²) in [4.78, 5) is 0. The number of aromatic hydroxyl groups is 1. The first-order valence-electron chi connectivity index (χ1n) is 3.91. The van der Waals surface area contributed by atoms with Gasteiger partial charge in [-0.2, -0.15) is 0 Å². The minimum Gasteiger partial charge on any atom is -0.508 e. The van der Waals surface area contributed by atoms with Gasteiger partial charge in [0.2, 0.25) is 0 Å². The summed E-state index contributed by atoms with van der Waals surface area (Å²) in [6, 6.07) is 3.94. The summed E-state index contributed by atoms with van der Waals surface area (Å²) < 4.78 is 12.6. The molecule has 0 aliphatic heterocycles. The summed E-state index contributed by atoms with van der Waals surface area (Å²) in [5.74, 6) is -0.176. The molecule has 0 saturated heterocycles. The Balaban J connectivity index is 2.75. The highest BCUT2D eigenvalue weighted by atomic mass is 19.1. The van der Waals surface area contributed by atoms with Crippen molar-refractivity contribution in [2.75, 3.05) is 6.54 Å². The second-order valence-corrected chi connectivity index (χ2v) is 2.67. The summed E-state index contributed by atoms with van der Waals surface area (Å²) >= 11 is 0. The van der Waals surface area contributed by atoms with E-state index in [1.54, 1.807) is 0 Å². The largest absolute Gasteiger partial charge is 0.508 e. The molecule has 0 unspecified atom stereocenters. The number of hydrogen-bond donors (Lipinski definition) is 2. The van der Waals surface area contributed by atoms with Crippen LogP contribution in [0.1, 0.15) is 12.0 Å². The van der Waals surface area contributed by atoms with E-state index in [-0.39, 0.29) is 11.6 Å². The van der Waals surface area contributed by atoms with Crippen LogP contribution < -0.4 is 5.73 Å². The molecule has 0 fully saturated rings. The Morgan fingerprint density at radius 3 is 2.83 bits per heavy atom. The van der Waals surface area contributed by atoms with E-state index < -0.39 is 0 Å². The molecule has 1 rings (SSSR count). The molecule has 0 radical (unpaired) electrons. The molecule has 0 aromatic heterocycles. The molecule has 3 heteroatoms. The van der Waals surface area contributed by atoms with Crippen molar-refractivity contribution in [3.63, 3.8) is 0 Å². The molecular weight excluding hydrogens is 157 g/mol. The number of phenols is 1.